The lowest BCUT2D eigenvalue weighted by Gasteiger charge is -2.47. The zero-order chi connectivity index (χ0) is 27.4. The Labute approximate surface area is 228 Å². The number of benzene rings is 2. The SMILES string of the molecule is C#CCOC(=O)N1CC[C@H]2[C@H](C1)C(=O)C(C(=O)Nc1ccccc1)C(=O)N2c1ccc(N2CCCCC2)cc1. The van der Waals surface area contributed by atoms with Crippen molar-refractivity contribution in [2.45, 2.75) is 31.7 Å². The number of amides is 3. The van der Waals surface area contributed by atoms with E-state index in [4.69, 9.17) is 11.2 Å². The van der Waals surface area contributed by atoms with Gasteiger partial charge in [0.15, 0.2) is 18.3 Å². The molecule has 5 rings (SSSR count). The predicted molar refractivity (Wildman–Crippen MR) is 147 cm³/mol. The second-order valence-corrected chi connectivity index (χ2v) is 10.1. The highest BCUT2D eigenvalue weighted by Gasteiger charge is 2.53. The molecular formula is C30H32N4O5. The molecule has 0 radical (unpaired) electrons. The van der Waals surface area contributed by atoms with Crippen molar-refractivity contribution < 1.29 is 23.9 Å². The van der Waals surface area contributed by atoms with E-state index >= 15 is 0 Å². The maximum absolute atomic E-state index is 13.9. The molecule has 3 fully saturated rings. The van der Waals surface area contributed by atoms with Crippen LogP contribution in [0.1, 0.15) is 25.7 Å². The third-order valence-corrected chi connectivity index (χ3v) is 7.73. The predicted octanol–water partition coefficient (Wildman–Crippen LogP) is 3.31. The van der Waals surface area contributed by atoms with Gasteiger partial charge in [0.2, 0.25) is 11.8 Å². The van der Waals surface area contributed by atoms with Gasteiger partial charge in [-0.25, -0.2) is 4.79 Å². The summed E-state index contributed by atoms with van der Waals surface area (Å²) >= 11 is 0. The van der Waals surface area contributed by atoms with Crippen LogP contribution in [0.4, 0.5) is 21.9 Å². The van der Waals surface area contributed by atoms with Crippen LogP contribution in [0, 0.1) is 24.2 Å². The van der Waals surface area contributed by atoms with E-state index in [1.165, 1.54) is 11.3 Å². The summed E-state index contributed by atoms with van der Waals surface area (Å²) in [4.78, 5) is 58.8. The van der Waals surface area contributed by atoms with Crippen molar-refractivity contribution in [3.8, 4) is 12.3 Å². The second kappa shape index (κ2) is 11.6. The number of carbonyl (C=O) groups is 4. The van der Waals surface area contributed by atoms with Gasteiger partial charge in [-0.15, -0.1) is 6.42 Å². The number of piperidine rings is 3. The van der Waals surface area contributed by atoms with Crippen LogP contribution < -0.4 is 15.1 Å². The number of fused-ring (bicyclic) bond motifs is 1. The topological polar surface area (TPSA) is 99.3 Å². The van der Waals surface area contributed by atoms with Crippen molar-refractivity contribution >= 4 is 40.8 Å². The first-order valence-electron chi connectivity index (χ1n) is 13.4. The molecular weight excluding hydrogens is 496 g/mol. The first-order valence-corrected chi connectivity index (χ1v) is 13.4. The van der Waals surface area contributed by atoms with Gasteiger partial charge >= 0.3 is 6.09 Å². The molecule has 0 aromatic heterocycles. The second-order valence-electron chi connectivity index (χ2n) is 10.1. The number of carbonyl (C=O) groups excluding carboxylic acids is 4. The van der Waals surface area contributed by atoms with E-state index in [1.807, 2.05) is 30.3 Å². The van der Waals surface area contributed by atoms with Crippen LogP contribution in [0.3, 0.4) is 0 Å². The van der Waals surface area contributed by atoms with Crippen LogP contribution >= 0.6 is 0 Å². The van der Waals surface area contributed by atoms with Gasteiger partial charge in [-0.2, -0.15) is 0 Å². The Kier molecular flexibility index (Phi) is 7.82. The lowest BCUT2D eigenvalue weighted by molar-refractivity contribution is -0.145. The van der Waals surface area contributed by atoms with E-state index in [0.717, 1.165) is 31.6 Å². The molecule has 3 amide bonds. The van der Waals surface area contributed by atoms with E-state index in [1.54, 1.807) is 29.2 Å². The van der Waals surface area contributed by atoms with Gasteiger partial charge in [-0.3, -0.25) is 14.4 Å². The number of likely N-dealkylation sites (tertiary alicyclic amines) is 1. The molecule has 0 bridgehead atoms. The monoisotopic (exact) mass is 528 g/mol. The number of nitrogens with zero attached hydrogens (tertiary/aromatic N) is 3. The quantitative estimate of drug-likeness (QED) is 0.472. The Morgan fingerprint density at radius 2 is 1.64 bits per heavy atom. The Bertz CT molecular complexity index is 1270. The summed E-state index contributed by atoms with van der Waals surface area (Å²) in [6.45, 7) is 2.16. The molecule has 202 valence electrons. The number of para-hydroxylation sites is 1. The molecule has 39 heavy (non-hydrogen) atoms. The van der Waals surface area contributed by atoms with Crippen molar-refractivity contribution in [3.63, 3.8) is 0 Å². The Hall–Kier alpha value is -4.32. The summed E-state index contributed by atoms with van der Waals surface area (Å²) in [5.74, 6) is -1.74. The van der Waals surface area contributed by atoms with Crippen LogP contribution in [0.25, 0.3) is 0 Å². The van der Waals surface area contributed by atoms with Crippen LogP contribution in [0.15, 0.2) is 54.6 Å². The van der Waals surface area contributed by atoms with Crippen LogP contribution in [-0.4, -0.2) is 67.4 Å². The average Bonchev–Trinajstić information content (AvgIpc) is 2.97. The van der Waals surface area contributed by atoms with Crippen LogP contribution in [0.2, 0.25) is 0 Å². The van der Waals surface area contributed by atoms with E-state index in [9.17, 15) is 19.2 Å². The van der Waals surface area contributed by atoms with Crippen LogP contribution in [0.5, 0.6) is 0 Å². The highest BCUT2D eigenvalue weighted by Crippen LogP contribution is 2.37. The number of ether oxygens (including phenoxy) is 1. The van der Waals surface area contributed by atoms with Gasteiger partial charge < -0.3 is 24.8 Å². The fraction of sp³-hybridized carbons (Fsp3) is 0.400. The largest absolute Gasteiger partial charge is 0.436 e. The molecule has 2 aromatic rings. The zero-order valence-electron chi connectivity index (χ0n) is 21.8. The lowest BCUT2D eigenvalue weighted by atomic mass is 9.77. The summed E-state index contributed by atoms with van der Waals surface area (Å²) in [6, 6.07) is 16.0. The van der Waals surface area contributed by atoms with E-state index in [2.05, 4.69) is 16.1 Å². The van der Waals surface area contributed by atoms with Gasteiger partial charge in [0.1, 0.15) is 0 Å². The van der Waals surface area contributed by atoms with E-state index < -0.39 is 41.6 Å². The molecule has 0 saturated carbocycles. The minimum atomic E-state index is -1.53. The zero-order valence-corrected chi connectivity index (χ0v) is 21.8. The maximum atomic E-state index is 13.9. The normalized spacial score (nSPS) is 23.1. The summed E-state index contributed by atoms with van der Waals surface area (Å²) in [7, 11) is 0. The molecule has 3 saturated heterocycles. The van der Waals surface area contributed by atoms with Crippen molar-refractivity contribution in [3.05, 3.63) is 54.6 Å². The molecule has 9 heteroatoms. The molecule has 0 spiro atoms. The molecule has 0 aliphatic carbocycles. The first-order chi connectivity index (χ1) is 19.0. The summed E-state index contributed by atoms with van der Waals surface area (Å²) in [5.41, 5.74) is 2.20. The first kappa shape index (κ1) is 26.3. The number of rotatable bonds is 5. The van der Waals surface area contributed by atoms with E-state index in [0.29, 0.717) is 24.3 Å². The number of terminal acetylenes is 1. The highest BCUT2D eigenvalue weighted by atomic mass is 16.6. The Morgan fingerprint density at radius 3 is 2.33 bits per heavy atom. The third-order valence-electron chi connectivity index (χ3n) is 7.73. The number of ketones is 1. The highest BCUT2D eigenvalue weighted by molar-refractivity contribution is 6.27. The summed E-state index contributed by atoms with van der Waals surface area (Å²) in [5, 5.41) is 2.71. The standard InChI is InChI=1S/C30H32N4O5/c1-2-19-39-30(38)33-18-15-25-24(20-33)27(35)26(28(36)31-21-9-5-3-6-10-21)29(37)34(25)23-13-11-22(12-14-23)32-16-7-4-8-17-32/h1,3,5-6,9-14,24-26H,4,7-8,15-20H2,(H,31,36)/t24-,25-,26?/m0/s1. The van der Waals surface area contributed by atoms with Gasteiger partial charge in [0.05, 0.1) is 12.0 Å². The van der Waals surface area contributed by atoms with Gasteiger partial charge in [0.25, 0.3) is 0 Å². The molecule has 1 N–H and O–H groups in total. The van der Waals surface area contributed by atoms with Crippen molar-refractivity contribution in [1.29, 1.82) is 0 Å². The smallest absolute Gasteiger partial charge is 0.410 e. The van der Waals surface area contributed by atoms with Crippen LogP contribution in [-0.2, 0) is 19.1 Å². The van der Waals surface area contributed by atoms with Gasteiger partial charge in [-0.05, 0) is 62.1 Å². The average molecular weight is 529 g/mol. The number of nitrogens with one attached hydrogen (secondary N) is 1. The number of hydrogen-bond donors (Lipinski definition) is 1. The molecule has 1 unspecified atom stereocenters. The molecule has 3 aliphatic heterocycles. The number of anilines is 3. The molecule has 2 aromatic carbocycles. The maximum Gasteiger partial charge on any atom is 0.410 e. The van der Waals surface area contributed by atoms with Crippen molar-refractivity contribution in [1.82, 2.24) is 4.90 Å². The number of hydrogen-bond acceptors (Lipinski definition) is 6. The Balaban J connectivity index is 1.44. The van der Waals surface area contributed by atoms with Gasteiger partial charge in [0, 0.05) is 43.2 Å². The third kappa shape index (κ3) is 5.46. The summed E-state index contributed by atoms with van der Waals surface area (Å²) < 4.78 is 5.08. The minimum absolute atomic E-state index is 0.0393. The number of Topliss-reactive ketones (excluding diaryl/α,β-unsaturated/α-hetero) is 1. The van der Waals surface area contributed by atoms with Crippen molar-refractivity contribution in [2.75, 3.05) is 47.9 Å². The summed E-state index contributed by atoms with van der Waals surface area (Å²) in [6.07, 6.45) is 8.50. The fourth-order valence-corrected chi connectivity index (χ4v) is 5.80. The molecule has 3 heterocycles. The molecule has 9 nitrogen and oxygen atoms in total. The fourth-order valence-electron chi connectivity index (χ4n) is 5.80. The molecule has 3 aliphatic rings. The minimum Gasteiger partial charge on any atom is -0.436 e. The Morgan fingerprint density at radius 1 is 0.949 bits per heavy atom. The van der Waals surface area contributed by atoms with E-state index in [-0.39, 0.29) is 13.2 Å². The molecule has 3 atom stereocenters. The van der Waals surface area contributed by atoms with Crippen molar-refractivity contribution in [2.24, 2.45) is 11.8 Å². The van der Waals surface area contributed by atoms with Gasteiger partial charge in [-0.1, -0.05) is 24.1 Å². The lowest BCUT2D eigenvalue weighted by Crippen LogP contribution is -2.65.